The minimum absolute atomic E-state index is 0.00818. The first-order valence-electron chi connectivity index (χ1n) is 9.06. The maximum atomic E-state index is 12.3. The number of amides is 1. The minimum Gasteiger partial charge on any atom is -0.345 e. The lowest BCUT2D eigenvalue weighted by atomic mass is 10.00. The molecule has 1 atom stereocenters. The summed E-state index contributed by atoms with van der Waals surface area (Å²) in [5.41, 5.74) is 2.28. The number of tetrazole rings is 1. The average Bonchev–Trinajstić information content (AvgIpc) is 3.31. The molecule has 0 unspecified atom stereocenters. The van der Waals surface area contributed by atoms with Crippen LogP contribution in [0.5, 0.6) is 0 Å². The lowest BCUT2D eigenvalue weighted by molar-refractivity contribution is -0.122. The highest BCUT2D eigenvalue weighted by Gasteiger charge is 2.20. The van der Waals surface area contributed by atoms with Gasteiger partial charge in [-0.2, -0.15) is 5.10 Å². The molecule has 1 amide bonds. The molecule has 3 N–H and O–H groups in total. The first-order chi connectivity index (χ1) is 13.6. The van der Waals surface area contributed by atoms with Crippen molar-refractivity contribution in [1.29, 1.82) is 0 Å². The Morgan fingerprint density at radius 2 is 2.14 bits per heavy atom. The van der Waals surface area contributed by atoms with Gasteiger partial charge in [0, 0.05) is 13.1 Å². The van der Waals surface area contributed by atoms with Crippen LogP contribution in [-0.4, -0.2) is 52.7 Å². The first-order valence-corrected chi connectivity index (χ1v) is 9.06. The highest BCUT2D eigenvalue weighted by Crippen LogP contribution is 2.19. The molecule has 3 heterocycles. The Hall–Kier alpha value is -3.34. The molecule has 11 heteroatoms. The number of aromatic nitrogens is 7. The average molecular weight is 383 g/mol. The van der Waals surface area contributed by atoms with Gasteiger partial charge >= 0.3 is 5.69 Å². The number of aromatic amines is 2. The van der Waals surface area contributed by atoms with Crippen molar-refractivity contribution in [3.8, 4) is 0 Å². The lowest BCUT2D eigenvalue weighted by Crippen LogP contribution is -2.34. The number of hydrogen-bond donors (Lipinski definition) is 3. The third-order valence-corrected chi connectivity index (χ3v) is 4.78. The van der Waals surface area contributed by atoms with Crippen molar-refractivity contribution in [3.05, 3.63) is 57.5 Å². The van der Waals surface area contributed by atoms with Gasteiger partial charge in [-0.3, -0.25) is 14.7 Å². The number of H-pyrrole nitrogens is 2. The summed E-state index contributed by atoms with van der Waals surface area (Å²) >= 11 is 0. The summed E-state index contributed by atoms with van der Waals surface area (Å²) in [7, 11) is 0. The molecule has 28 heavy (non-hydrogen) atoms. The molecule has 0 aliphatic carbocycles. The van der Waals surface area contributed by atoms with Gasteiger partial charge in [0.2, 0.25) is 5.91 Å². The Morgan fingerprint density at radius 1 is 1.32 bits per heavy atom. The van der Waals surface area contributed by atoms with Gasteiger partial charge in [0.15, 0.2) is 11.6 Å². The fourth-order valence-corrected chi connectivity index (χ4v) is 3.33. The van der Waals surface area contributed by atoms with Crippen molar-refractivity contribution < 1.29 is 4.79 Å². The predicted molar refractivity (Wildman–Crippen MR) is 97.8 cm³/mol. The van der Waals surface area contributed by atoms with E-state index in [-0.39, 0.29) is 12.5 Å². The SMILES string of the molecule is C[C@@H](NC(=O)Cn1nnnc1CN1CCc2ccccc2C1)c1n[nH]c(=O)[nH]1. The van der Waals surface area contributed by atoms with Crippen molar-refractivity contribution in [2.24, 2.45) is 0 Å². The topological polar surface area (TPSA) is 137 Å². The van der Waals surface area contributed by atoms with Crippen molar-refractivity contribution in [1.82, 2.24) is 45.6 Å². The van der Waals surface area contributed by atoms with Crippen molar-refractivity contribution >= 4 is 5.91 Å². The van der Waals surface area contributed by atoms with E-state index in [1.807, 2.05) is 6.07 Å². The van der Waals surface area contributed by atoms with Gasteiger partial charge in [-0.05, 0) is 34.9 Å². The molecule has 11 nitrogen and oxygen atoms in total. The highest BCUT2D eigenvalue weighted by molar-refractivity contribution is 5.76. The standard InChI is InChI=1S/C17H21N9O2/c1-11(16-19-17(28)22-21-16)18-15(27)10-26-14(20-23-24-26)9-25-7-6-12-4-2-3-5-13(12)8-25/h2-5,11H,6-10H2,1H3,(H,18,27)(H2,19,21,22,28)/t11-/m1/s1. The second-order valence-electron chi connectivity index (χ2n) is 6.83. The second-order valence-corrected chi connectivity index (χ2v) is 6.83. The van der Waals surface area contributed by atoms with Crippen LogP contribution in [0.4, 0.5) is 0 Å². The van der Waals surface area contributed by atoms with Crippen LogP contribution in [0.3, 0.4) is 0 Å². The van der Waals surface area contributed by atoms with Crippen molar-refractivity contribution in [2.75, 3.05) is 6.54 Å². The van der Waals surface area contributed by atoms with Crippen LogP contribution in [0.1, 0.15) is 35.7 Å². The maximum Gasteiger partial charge on any atom is 0.340 e. The van der Waals surface area contributed by atoms with Crippen LogP contribution >= 0.6 is 0 Å². The van der Waals surface area contributed by atoms with E-state index in [4.69, 9.17) is 0 Å². The molecule has 3 aromatic rings. The minimum atomic E-state index is -0.440. The molecular weight excluding hydrogens is 362 g/mol. The van der Waals surface area contributed by atoms with Gasteiger partial charge in [-0.1, -0.05) is 24.3 Å². The van der Waals surface area contributed by atoms with Crippen LogP contribution in [0.15, 0.2) is 29.1 Å². The lowest BCUT2D eigenvalue weighted by Gasteiger charge is -2.28. The van der Waals surface area contributed by atoms with E-state index < -0.39 is 11.7 Å². The van der Waals surface area contributed by atoms with Crippen LogP contribution in [-0.2, 0) is 30.8 Å². The monoisotopic (exact) mass is 383 g/mol. The Balaban J connectivity index is 1.36. The molecule has 146 valence electrons. The summed E-state index contributed by atoms with van der Waals surface area (Å²) in [6, 6.07) is 7.97. The van der Waals surface area contributed by atoms with E-state index in [0.29, 0.717) is 18.2 Å². The molecule has 1 aliphatic rings. The Labute approximate surface area is 160 Å². The summed E-state index contributed by atoms with van der Waals surface area (Å²) in [6.45, 7) is 4.04. The number of nitrogens with one attached hydrogen (secondary N) is 3. The summed E-state index contributed by atoms with van der Waals surface area (Å²) < 4.78 is 1.50. The largest absolute Gasteiger partial charge is 0.345 e. The highest BCUT2D eigenvalue weighted by atomic mass is 16.2. The molecule has 0 spiro atoms. The Bertz CT molecular complexity index is 1020. The summed E-state index contributed by atoms with van der Waals surface area (Å²) in [5.74, 6) is 0.728. The van der Waals surface area contributed by atoms with Crippen molar-refractivity contribution in [3.63, 3.8) is 0 Å². The molecular formula is C17H21N9O2. The summed E-state index contributed by atoms with van der Waals surface area (Å²) in [6.07, 6.45) is 0.984. The fourth-order valence-electron chi connectivity index (χ4n) is 3.33. The normalized spacial score (nSPS) is 15.2. The second kappa shape index (κ2) is 7.72. The van der Waals surface area contributed by atoms with E-state index in [1.165, 1.54) is 15.8 Å². The van der Waals surface area contributed by atoms with Crippen LogP contribution in [0, 0.1) is 0 Å². The number of carbonyl (C=O) groups is 1. The predicted octanol–water partition coefficient (Wildman–Crippen LogP) is -0.480. The Morgan fingerprint density at radius 3 is 2.93 bits per heavy atom. The number of benzene rings is 1. The van der Waals surface area contributed by atoms with E-state index in [2.05, 4.69) is 59.1 Å². The van der Waals surface area contributed by atoms with Gasteiger partial charge in [-0.15, -0.1) is 5.10 Å². The zero-order chi connectivity index (χ0) is 19.5. The molecule has 1 aromatic carbocycles. The van der Waals surface area contributed by atoms with Gasteiger partial charge in [0.25, 0.3) is 0 Å². The third kappa shape index (κ3) is 3.98. The quantitative estimate of drug-likeness (QED) is 0.523. The van der Waals surface area contributed by atoms with Crippen LogP contribution < -0.4 is 11.0 Å². The molecule has 0 saturated heterocycles. The third-order valence-electron chi connectivity index (χ3n) is 4.78. The maximum absolute atomic E-state index is 12.3. The van der Waals surface area contributed by atoms with Gasteiger partial charge in [0.1, 0.15) is 6.54 Å². The van der Waals surface area contributed by atoms with E-state index in [9.17, 15) is 9.59 Å². The molecule has 4 rings (SSSR count). The molecule has 2 aromatic heterocycles. The number of nitrogens with zero attached hydrogens (tertiary/aromatic N) is 6. The zero-order valence-electron chi connectivity index (χ0n) is 15.4. The Kier molecular flexibility index (Phi) is 4.98. The zero-order valence-corrected chi connectivity index (χ0v) is 15.4. The van der Waals surface area contributed by atoms with Gasteiger partial charge < -0.3 is 5.32 Å². The van der Waals surface area contributed by atoms with E-state index in [1.54, 1.807) is 6.92 Å². The van der Waals surface area contributed by atoms with Gasteiger partial charge in [-0.25, -0.2) is 14.6 Å². The first kappa shape index (κ1) is 18.0. The van der Waals surface area contributed by atoms with Gasteiger partial charge in [0.05, 0.1) is 12.6 Å². The molecule has 1 aliphatic heterocycles. The fraction of sp³-hybridized carbons (Fsp3) is 0.412. The van der Waals surface area contributed by atoms with Crippen molar-refractivity contribution in [2.45, 2.75) is 39.0 Å². The number of carbonyl (C=O) groups excluding carboxylic acids is 1. The number of hydrogen-bond acceptors (Lipinski definition) is 7. The smallest absolute Gasteiger partial charge is 0.340 e. The van der Waals surface area contributed by atoms with E-state index in [0.717, 1.165) is 19.5 Å². The van der Waals surface area contributed by atoms with Crippen LogP contribution in [0.2, 0.25) is 0 Å². The summed E-state index contributed by atoms with van der Waals surface area (Å²) in [5, 5.41) is 20.6. The molecule has 0 radical (unpaired) electrons. The number of rotatable bonds is 6. The molecule has 0 bridgehead atoms. The molecule has 0 fully saturated rings. The van der Waals surface area contributed by atoms with Crippen LogP contribution in [0.25, 0.3) is 0 Å². The molecule has 0 saturated carbocycles. The van der Waals surface area contributed by atoms with E-state index >= 15 is 0 Å². The summed E-state index contributed by atoms with van der Waals surface area (Å²) in [4.78, 5) is 28.3. The number of fused-ring (bicyclic) bond motifs is 1.